The second-order valence-corrected chi connectivity index (χ2v) is 8.83. The summed E-state index contributed by atoms with van der Waals surface area (Å²) < 4.78 is 10.8. The van der Waals surface area contributed by atoms with Gasteiger partial charge in [-0.2, -0.15) is 0 Å². The second kappa shape index (κ2) is 9.23. The van der Waals surface area contributed by atoms with Crippen LogP contribution in [0.3, 0.4) is 0 Å². The van der Waals surface area contributed by atoms with Crippen molar-refractivity contribution in [3.63, 3.8) is 0 Å². The van der Waals surface area contributed by atoms with Crippen molar-refractivity contribution in [2.45, 2.75) is 25.4 Å². The summed E-state index contributed by atoms with van der Waals surface area (Å²) in [6.45, 7) is 2.33. The summed E-state index contributed by atoms with van der Waals surface area (Å²) in [7, 11) is 1.42. The first-order valence-corrected chi connectivity index (χ1v) is 11.0. The highest BCUT2D eigenvalue weighted by atomic mass is 16.5. The number of carboxylic acid groups (broad SMARTS) is 1. The topological polar surface area (TPSA) is 105 Å². The van der Waals surface area contributed by atoms with E-state index in [1.54, 1.807) is 6.92 Å². The number of amides is 2. The number of aliphatic carboxylic acids is 1. The molecule has 2 aromatic rings. The maximum Gasteiger partial charge on any atom is 0.407 e. The van der Waals surface area contributed by atoms with Crippen LogP contribution in [0.25, 0.3) is 11.1 Å². The molecule has 0 radical (unpaired) electrons. The summed E-state index contributed by atoms with van der Waals surface area (Å²) in [5.41, 5.74) is 3.69. The van der Waals surface area contributed by atoms with Crippen LogP contribution in [0.2, 0.25) is 0 Å². The number of nitrogens with zero attached hydrogens (tertiary/aromatic N) is 1. The summed E-state index contributed by atoms with van der Waals surface area (Å²) in [4.78, 5) is 37.5. The van der Waals surface area contributed by atoms with Gasteiger partial charge in [0, 0.05) is 39.1 Å². The normalized spacial score (nSPS) is 16.8. The lowest BCUT2D eigenvalue weighted by atomic mass is 9.81. The fourth-order valence-electron chi connectivity index (χ4n) is 4.59. The number of alkyl carbamates (subject to hydrolysis) is 1. The molecule has 1 atom stereocenters. The number of carbonyl (C=O) groups excluding carboxylic acids is 2. The van der Waals surface area contributed by atoms with Gasteiger partial charge in [0.25, 0.3) is 5.91 Å². The monoisotopic (exact) mass is 452 g/mol. The number of fused-ring (bicyclic) bond motifs is 3. The summed E-state index contributed by atoms with van der Waals surface area (Å²) in [5.74, 6) is -1.21. The van der Waals surface area contributed by atoms with E-state index in [1.165, 1.54) is 12.0 Å². The van der Waals surface area contributed by atoms with Gasteiger partial charge in [0.15, 0.2) is 0 Å². The van der Waals surface area contributed by atoms with Gasteiger partial charge < -0.3 is 24.8 Å². The molecule has 1 heterocycles. The van der Waals surface area contributed by atoms with Gasteiger partial charge in [0.2, 0.25) is 0 Å². The molecule has 1 unspecified atom stereocenters. The van der Waals surface area contributed by atoms with Gasteiger partial charge in [-0.3, -0.25) is 9.59 Å². The minimum atomic E-state index is -0.919. The van der Waals surface area contributed by atoms with E-state index < -0.39 is 23.6 Å². The Hall–Kier alpha value is -3.39. The summed E-state index contributed by atoms with van der Waals surface area (Å²) in [6.07, 6.45) is -1.04. The number of nitrogens with one attached hydrogen (secondary N) is 1. The number of likely N-dealkylation sites (tertiary alicyclic amines) is 1. The molecule has 0 spiro atoms. The Labute approximate surface area is 192 Å². The molecule has 174 valence electrons. The molecule has 2 aliphatic rings. The molecule has 2 N–H and O–H groups in total. The third kappa shape index (κ3) is 4.43. The summed E-state index contributed by atoms with van der Waals surface area (Å²) >= 11 is 0. The summed E-state index contributed by atoms with van der Waals surface area (Å²) in [5, 5.41) is 11.9. The number of hydrogen-bond donors (Lipinski definition) is 2. The zero-order valence-electron chi connectivity index (χ0n) is 18.7. The largest absolute Gasteiger partial charge is 0.481 e. The van der Waals surface area contributed by atoms with Gasteiger partial charge in [-0.15, -0.1) is 0 Å². The number of rotatable bonds is 8. The van der Waals surface area contributed by atoms with Crippen molar-refractivity contribution >= 4 is 18.0 Å². The molecule has 8 nitrogen and oxygen atoms in total. The molecule has 1 aliphatic carbocycles. The van der Waals surface area contributed by atoms with Gasteiger partial charge in [0.05, 0.1) is 0 Å². The van der Waals surface area contributed by atoms with Crippen LogP contribution in [0, 0.1) is 5.41 Å². The summed E-state index contributed by atoms with van der Waals surface area (Å²) in [6, 6.07) is 16.2. The van der Waals surface area contributed by atoms with Crippen LogP contribution in [-0.4, -0.2) is 67.4 Å². The average molecular weight is 453 g/mol. The van der Waals surface area contributed by atoms with Gasteiger partial charge in [0.1, 0.15) is 18.1 Å². The van der Waals surface area contributed by atoms with Gasteiger partial charge in [-0.25, -0.2) is 4.79 Å². The number of carbonyl (C=O) groups is 3. The van der Waals surface area contributed by atoms with E-state index >= 15 is 0 Å². The molecule has 1 fully saturated rings. The molecule has 0 bridgehead atoms. The van der Waals surface area contributed by atoms with E-state index in [1.807, 2.05) is 24.3 Å². The Morgan fingerprint density at radius 2 is 1.67 bits per heavy atom. The first kappa shape index (κ1) is 22.8. The van der Waals surface area contributed by atoms with E-state index in [0.29, 0.717) is 0 Å². The van der Waals surface area contributed by atoms with Crippen molar-refractivity contribution in [3.05, 3.63) is 59.7 Å². The highest BCUT2D eigenvalue weighted by Gasteiger charge is 2.48. The Kier molecular flexibility index (Phi) is 6.37. The van der Waals surface area contributed by atoms with Gasteiger partial charge in [-0.1, -0.05) is 48.5 Å². The van der Waals surface area contributed by atoms with Gasteiger partial charge >= 0.3 is 12.1 Å². The van der Waals surface area contributed by atoms with E-state index in [-0.39, 0.29) is 44.5 Å². The molecule has 1 aliphatic heterocycles. The molecular formula is C25H28N2O6. The maximum absolute atomic E-state index is 12.5. The van der Waals surface area contributed by atoms with E-state index in [0.717, 1.165) is 22.3 Å². The second-order valence-electron chi connectivity index (χ2n) is 8.83. The fraction of sp³-hybridized carbons (Fsp3) is 0.400. The maximum atomic E-state index is 12.5. The highest BCUT2D eigenvalue weighted by Crippen LogP contribution is 2.44. The Balaban J connectivity index is 1.26. The van der Waals surface area contributed by atoms with Crippen molar-refractivity contribution in [3.8, 4) is 11.1 Å². The number of methoxy groups -OCH3 is 1. The third-order valence-electron chi connectivity index (χ3n) is 6.49. The van der Waals surface area contributed by atoms with Crippen molar-refractivity contribution < 1.29 is 29.0 Å². The van der Waals surface area contributed by atoms with Crippen LogP contribution >= 0.6 is 0 Å². The quantitative estimate of drug-likeness (QED) is 0.638. The first-order valence-electron chi connectivity index (χ1n) is 11.0. The number of carboxylic acids is 1. The Morgan fingerprint density at radius 1 is 1.09 bits per heavy atom. The first-order chi connectivity index (χ1) is 15.8. The van der Waals surface area contributed by atoms with E-state index in [2.05, 4.69) is 29.6 Å². The molecule has 33 heavy (non-hydrogen) atoms. The molecule has 2 amide bonds. The minimum absolute atomic E-state index is 0.0218. The van der Waals surface area contributed by atoms with E-state index in [4.69, 9.17) is 9.47 Å². The van der Waals surface area contributed by atoms with Crippen LogP contribution in [-0.2, 0) is 19.1 Å². The Bertz CT molecular complexity index is 1020. The predicted octanol–water partition coefficient (Wildman–Crippen LogP) is 2.86. The zero-order valence-corrected chi connectivity index (χ0v) is 18.7. The minimum Gasteiger partial charge on any atom is -0.481 e. The zero-order chi connectivity index (χ0) is 23.6. The van der Waals surface area contributed by atoms with Crippen molar-refractivity contribution in [2.24, 2.45) is 5.41 Å². The smallest absolute Gasteiger partial charge is 0.407 e. The third-order valence-corrected chi connectivity index (χ3v) is 6.49. The Morgan fingerprint density at radius 3 is 2.21 bits per heavy atom. The van der Waals surface area contributed by atoms with Crippen molar-refractivity contribution in [2.75, 3.05) is 33.4 Å². The molecule has 2 aromatic carbocycles. The molecule has 8 heteroatoms. The van der Waals surface area contributed by atoms with Crippen LogP contribution in [0.1, 0.15) is 30.4 Å². The molecule has 0 aromatic heterocycles. The van der Waals surface area contributed by atoms with Crippen LogP contribution < -0.4 is 5.32 Å². The molecular weight excluding hydrogens is 424 g/mol. The van der Waals surface area contributed by atoms with Crippen molar-refractivity contribution in [1.82, 2.24) is 10.2 Å². The van der Waals surface area contributed by atoms with Crippen LogP contribution in [0.4, 0.5) is 4.79 Å². The fourth-order valence-corrected chi connectivity index (χ4v) is 4.59. The van der Waals surface area contributed by atoms with Crippen LogP contribution in [0.5, 0.6) is 0 Å². The predicted molar refractivity (Wildman–Crippen MR) is 121 cm³/mol. The van der Waals surface area contributed by atoms with Crippen molar-refractivity contribution in [1.29, 1.82) is 0 Å². The standard InChI is InChI=1S/C25H28N2O6/c1-25(23(29)30)14-27(15-25)22(28)21(32-2)11-12-26-24(31)33-13-20-18-9-5-3-7-16(18)17-8-4-6-10-19(17)20/h3-10,20-21H,11-15H2,1-2H3,(H,26,31)(H,29,30). The molecule has 4 rings (SSSR count). The SMILES string of the molecule is COC(CCNC(=O)OCC1c2ccccc2-c2ccccc21)C(=O)N1CC(C)(C(=O)O)C1. The molecule has 1 saturated heterocycles. The molecule has 0 saturated carbocycles. The lowest BCUT2D eigenvalue weighted by molar-refractivity contribution is -0.168. The lowest BCUT2D eigenvalue weighted by Gasteiger charge is -2.45. The van der Waals surface area contributed by atoms with E-state index in [9.17, 15) is 19.5 Å². The van der Waals surface area contributed by atoms with Crippen LogP contribution in [0.15, 0.2) is 48.5 Å². The number of hydrogen-bond acceptors (Lipinski definition) is 5. The number of ether oxygens (including phenoxy) is 2. The average Bonchev–Trinajstić information content (AvgIpc) is 3.11. The number of benzene rings is 2. The van der Waals surface area contributed by atoms with Gasteiger partial charge in [-0.05, 0) is 29.2 Å². The highest BCUT2D eigenvalue weighted by molar-refractivity contribution is 5.86. The lowest BCUT2D eigenvalue weighted by Crippen LogP contribution is -2.62.